The first kappa shape index (κ1) is 16.3. The van der Waals surface area contributed by atoms with Gasteiger partial charge in [0.05, 0.1) is 16.7 Å². The van der Waals surface area contributed by atoms with Crippen molar-refractivity contribution >= 4 is 22.8 Å². The topological polar surface area (TPSA) is 49.3 Å². The average molecular weight is 338 g/mol. The molecule has 1 saturated carbocycles. The summed E-state index contributed by atoms with van der Waals surface area (Å²) in [4.78, 5) is 26.6. The summed E-state index contributed by atoms with van der Waals surface area (Å²) in [5.41, 5.74) is 2.84. The zero-order chi connectivity index (χ0) is 17.2. The average Bonchev–Trinajstić information content (AvgIpc) is 2.68. The molecule has 0 unspecified atom stereocenters. The fraction of sp³-hybridized carbons (Fsp3) is 0.550. The summed E-state index contributed by atoms with van der Waals surface area (Å²) < 4.78 is 0. The van der Waals surface area contributed by atoms with Gasteiger partial charge in [-0.1, -0.05) is 31.4 Å². The Morgan fingerprint density at radius 2 is 1.60 bits per heavy atom. The van der Waals surface area contributed by atoms with Crippen LogP contribution in [0.4, 0.5) is 5.82 Å². The van der Waals surface area contributed by atoms with Crippen molar-refractivity contribution in [1.82, 2.24) is 14.9 Å². The number of hydrogen-bond acceptors (Lipinski definition) is 4. The molecule has 1 aliphatic heterocycles. The van der Waals surface area contributed by atoms with Crippen molar-refractivity contribution in [1.29, 1.82) is 0 Å². The molecular weight excluding hydrogens is 312 g/mol. The number of anilines is 1. The van der Waals surface area contributed by atoms with E-state index in [4.69, 9.17) is 9.97 Å². The van der Waals surface area contributed by atoms with Gasteiger partial charge in [0.25, 0.3) is 0 Å². The van der Waals surface area contributed by atoms with Crippen LogP contribution in [0, 0.1) is 12.8 Å². The minimum atomic E-state index is 0.266. The minimum absolute atomic E-state index is 0.266. The van der Waals surface area contributed by atoms with Crippen LogP contribution in [0.25, 0.3) is 11.0 Å². The summed E-state index contributed by atoms with van der Waals surface area (Å²) in [5.74, 6) is 1.60. The van der Waals surface area contributed by atoms with E-state index < -0.39 is 0 Å². The number of para-hydroxylation sites is 2. The van der Waals surface area contributed by atoms with Crippen molar-refractivity contribution in [2.45, 2.75) is 39.0 Å². The van der Waals surface area contributed by atoms with E-state index in [1.54, 1.807) is 0 Å². The van der Waals surface area contributed by atoms with Crippen molar-refractivity contribution in [2.75, 3.05) is 31.1 Å². The molecule has 1 aromatic carbocycles. The Hall–Kier alpha value is -2.17. The standard InChI is InChI=1S/C20H26N4O/c1-15-19(22-18-10-6-5-9-17(18)21-15)23-11-13-24(14-12-23)20(25)16-7-3-2-4-8-16/h5-6,9-10,16H,2-4,7-8,11-14H2,1H3. The minimum Gasteiger partial charge on any atom is -0.352 e. The van der Waals surface area contributed by atoms with Gasteiger partial charge in [-0.2, -0.15) is 0 Å². The van der Waals surface area contributed by atoms with Gasteiger partial charge < -0.3 is 9.80 Å². The highest BCUT2D eigenvalue weighted by Gasteiger charge is 2.29. The fourth-order valence-corrected chi connectivity index (χ4v) is 4.12. The maximum atomic E-state index is 12.7. The number of carbonyl (C=O) groups excluding carboxylic acids is 1. The molecule has 1 saturated heterocycles. The SMILES string of the molecule is Cc1nc2ccccc2nc1N1CCN(C(=O)C2CCCCC2)CC1. The smallest absolute Gasteiger partial charge is 0.225 e. The Kier molecular flexibility index (Phi) is 4.55. The van der Waals surface area contributed by atoms with Gasteiger partial charge in [0.1, 0.15) is 0 Å². The third kappa shape index (κ3) is 3.32. The number of fused-ring (bicyclic) bond motifs is 1. The van der Waals surface area contributed by atoms with Crippen molar-refractivity contribution < 1.29 is 4.79 Å². The van der Waals surface area contributed by atoms with Crippen LogP contribution in [0.15, 0.2) is 24.3 Å². The highest BCUT2D eigenvalue weighted by molar-refractivity contribution is 5.79. The van der Waals surface area contributed by atoms with Gasteiger partial charge in [0.2, 0.25) is 5.91 Å². The van der Waals surface area contributed by atoms with Crippen LogP contribution >= 0.6 is 0 Å². The molecule has 1 aliphatic carbocycles. The number of aromatic nitrogens is 2. The molecule has 5 nitrogen and oxygen atoms in total. The Morgan fingerprint density at radius 3 is 2.28 bits per heavy atom. The molecule has 2 aromatic rings. The van der Waals surface area contributed by atoms with Crippen LogP contribution in [-0.4, -0.2) is 47.0 Å². The van der Waals surface area contributed by atoms with Gasteiger partial charge in [-0.3, -0.25) is 4.79 Å². The second kappa shape index (κ2) is 6.98. The third-order valence-corrected chi connectivity index (χ3v) is 5.57. The number of hydrogen-bond donors (Lipinski definition) is 0. The van der Waals surface area contributed by atoms with E-state index in [-0.39, 0.29) is 5.92 Å². The number of benzene rings is 1. The number of aryl methyl sites for hydroxylation is 1. The highest BCUT2D eigenvalue weighted by Crippen LogP contribution is 2.27. The Balaban J connectivity index is 1.45. The highest BCUT2D eigenvalue weighted by atomic mass is 16.2. The summed E-state index contributed by atoms with van der Waals surface area (Å²) in [5, 5.41) is 0. The van der Waals surface area contributed by atoms with E-state index in [2.05, 4.69) is 9.80 Å². The van der Waals surface area contributed by atoms with Crippen molar-refractivity contribution in [3.8, 4) is 0 Å². The summed E-state index contributed by atoms with van der Waals surface area (Å²) in [6, 6.07) is 8.00. The van der Waals surface area contributed by atoms with Crippen LogP contribution in [0.5, 0.6) is 0 Å². The Bertz CT molecular complexity index is 761. The maximum absolute atomic E-state index is 12.7. The van der Waals surface area contributed by atoms with Gasteiger partial charge in [-0.25, -0.2) is 9.97 Å². The molecule has 2 fully saturated rings. The number of amides is 1. The molecule has 1 aromatic heterocycles. The lowest BCUT2D eigenvalue weighted by Crippen LogP contribution is -2.51. The number of piperazine rings is 1. The summed E-state index contributed by atoms with van der Waals surface area (Å²) in [6.07, 6.45) is 5.87. The Labute approximate surface area is 149 Å². The van der Waals surface area contributed by atoms with E-state index in [1.165, 1.54) is 19.3 Å². The Morgan fingerprint density at radius 1 is 0.960 bits per heavy atom. The molecule has 0 N–H and O–H groups in total. The largest absolute Gasteiger partial charge is 0.352 e. The van der Waals surface area contributed by atoms with E-state index in [9.17, 15) is 4.79 Å². The molecule has 0 bridgehead atoms. The quantitative estimate of drug-likeness (QED) is 0.844. The monoisotopic (exact) mass is 338 g/mol. The summed E-state index contributed by atoms with van der Waals surface area (Å²) in [6.45, 7) is 5.29. The number of rotatable bonds is 2. The lowest BCUT2D eigenvalue weighted by atomic mass is 9.88. The van der Waals surface area contributed by atoms with Crippen LogP contribution in [-0.2, 0) is 4.79 Å². The summed E-state index contributed by atoms with van der Waals surface area (Å²) >= 11 is 0. The van der Waals surface area contributed by atoms with Crippen molar-refractivity contribution in [3.63, 3.8) is 0 Å². The van der Waals surface area contributed by atoms with Crippen molar-refractivity contribution in [2.24, 2.45) is 5.92 Å². The molecule has 0 spiro atoms. The number of nitrogens with zero attached hydrogens (tertiary/aromatic N) is 4. The van der Waals surface area contributed by atoms with Crippen LogP contribution in [0.1, 0.15) is 37.8 Å². The zero-order valence-electron chi connectivity index (χ0n) is 14.9. The second-order valence-corrected chi connectivity index (χ2v) is 7.27. The lowest BCUT2D eigenvalue weighted by molar-refractivity contribution is -0.136. The van der Waals surface area contributed by atoms with Crippen LogP contribution in [0.3, 0.4) is 0 Å². The first-order chi connectivity index (χ1) is 12.2. The predicted octanol–water partition coefficient (Wildman–Crippen LogP) is 3.17. The van der Waals surface area contributed by atoms with E-state index in [1.807, 2.05) is 31.2 Å². The zero-order valence-corrected chi connectivity index (χ0v) is 14.9. The third-order valence-electron chi connectivity index (χ3n) is 5.57. The molecule has 4 rings (SSSR count). The van der Waals surface area contributed by atoms with Crippen LogP contribution in [0.2, 0.25) is 0 Å². The first-order valence-electron chi connectivity index (χ1n) is 9.49. The second-order valence-electron chi connectivity index (χ2n) is 7.27. The van der Waals surface area contributed by atoms with E-state index in [0.29, 0.717) is 5.91 Å². The number of carbonyl (C=O) groups is 1. The fourth-order valence-electron chi connectivity index (χ4n) is 4.12. The maximum Gasteiger partial charge on any atom is 0.225 e. The molecule has 2 aliphatic rings. The molecule has 5 heteroatoms. The van der Waals surface area contributed by atoms with E-state index in [0.717, 1.165) is 61.6 Å². The van der Waals surface area contributed by atoms with Gasteiger partial charge in [-0.05, 0) is 31.9 Å². The lowest BCUT2D eigenvalue weighted by Gasteiger charge is -2.38. The normalized spacial score (nSPS) is 19.4. The summed E-state index contributed by atoms with van der Waals surface area (Å²) in [7, 11) is 0. The van der Waals surface area contributed by atoms with Gasteiger partial charge in [-0.15, -0.1) is 0 Å². The van der Waals surface area contributed by atoms with Gasteiger partial charge in [0.15, 0.2) is 5.82 Å². The predicted molar refractivity (Wildman–Crippen MR) is 99.6 cm³/mol. The van der Waals surface area contributed by atoms with Gasteiger partial charge >= 0.3 is 0 Å². The molecule has 25 heavy (non-hydrogen) atoms. The van der Waals surface area contributed by atoms with E-state index >= 15 is 0 Å². The molecule has 1 amide bonds. The molecule has 0 atom stereocenters. The molecular formula is C20H26N4O. The van der Waals surface area contributed by atoms with Crippen LogP contribution < -0.4 is 4.90 Å². The molecule has 2 heterocycles. The molecule has 132 valence electrons. The molecule has 0 radical (unpaired) electrons. The first-order valence-corrected chi connectivity index (χ1v) is 9.49. The van der Waals surface area contributed by atoms with Crippen molar-refractivity contribution in [3.05, 3.63) is 30.0 Å². The van der Waals surface area contributed by atoms with Gasteiger partial charge in [0, 0.05) is 32.1 Å².